The Kier molecular flexibility index (Phi) is 2.86. The van der Waals surface area contributed by atoms with Crippen LogP contribution in [0.4, 0.5) is 10.8 Å². The van der Waals surface area contributed by atoms with Crippen LogP contribution < -0.4 is 5.32 Å². The lowest BCUT2D eigenvalue weighted by atomic mass is 10.3. The molecule has 0 fully saturated rings. The molecule has 0 atom stereocenters. The summed E-state index contributed by atoms with van der Waals surface area (Å²) < 4.78 is 1.93. The molecule has 4 aromatic rings. The van der Waals surface area contributed by atoms with Crippen molar-refractivity contribution in [2.75, 3.05) is 5.32 Å². The number of rotatable bonds is 3. The van der Waals surface area contributed by atoms with Gasteiger partial charge >= 0.3 is 0 Å². The summed E-state index contributed by atoms with van der Waals surface area (Å²) in [5, 5.41) is 6.17. The van der Waals surface area contributed by atoms with Gasteiger partial charge in [0.25, 0.3) is 0 Å². The standard InChI is InChI=1S/C15H11N5S/c1-2-5-11(6-3-1)18-15-19-12(10-21-15)13-9-17-14-16-7-4-8-20(13)14/h1-10H,(H,18,19). The third-order valence-corrected chi connectivity index (χ3v) is 3.84. The van der Waals surface area contributed by atoms with Crippen LogP contribution in [0.3, 0.4) is 0 Å². The highest BCUT2D eigenvalue weighted by atomic mass is 32.1. The maximum atomic E-state index is 4.62. The van der Waals surface area contributed by atoms with Crippen LogP contribution >= 0.6 is 11.3 Å². The molecule has 102 valence electrons. The Labute approximate surface area is 125 Å². The van der Waals surface area contributed by atoms with E-state index in [4.69, 9.17) is 0 Å². The first-order chi connectivity index (χ1) is 10.4. The van der Waals surface area contributed by atoms with Crippen molar-refractivity contribution in [2.24, 2.45) is 0 Å². The average molecular weight is 293 g/mol. The molecule has 6 heteroatoms. The molecule has 0 aliphatic heterocycles. The van der Waals surface area contributed by atoms with E-state index >= 15 is 0 Å². The van der Waals surface area contributed by atoms with Crippen LogP contribution in [0.1, 0.15) is 0 Å². The number of anilines is 2. The minimum atomic E-state index is 0.679. The molecule has 4 rings (SSSR count). The van der Waals surface area contributed by atoms with Gasteiger partial charge in [0.05, 0.1) is 11.9 Å². The summed E-state index contributed by atoms with van der Waals surface area (Å²) in [4.78, 5) is 13.1. The highest BCUT2D eigenvalue weighted by Gasteiger charge is 2.10. The number of nitrogens with zero attached hydrogens (tertiary/aromatic N) is 4. The molecule has 1 aromatic carbocycles. The van der Waals surface area contributed by atoms with E-state index in [2.05, 4.69) is 20.3 Å². The van der Waals surface area contributed by atoms with Crippen molar-refractivity contribution in [3.05, 3.63) is 60.4 Å². The fourth-order valence-corrected chi connectivity index (χ4v) is 2.84. The molecule has 1 N–H and O–H groups in total. The molecule has 5 nitrogen and oxygen atoms in total. The first-order valence-corrected chi connectivity index (χ1v) is 7.34. The molecule has 0 bridgehead atoms. The normalized spacial score (nSPS) is 10.9. The van der Waals surface area contributed by atoms with Crippen molar-refractivity contribution in [3.63, 3.8) is 0 Å². The lowest BCUT2D eigenvalue weighted by Crippen LogP contribution is -1.91. The topological polar surface area (TPSA) is 55.1 Å². The number of benzene rings is 1. The first-order valence-electron chi connectivity index (χ1n) is 6.46. The van der Waals surface area contributed by atoms with E-state index in [1.54, 1.807) is 23.7 Å². The highest BCUT2D eigenvalue weighted by molar-refractivity contribution is 7.14. The van der Waals surface area contributed by atoms with E-state index in [0.717, 1.165) is 22.2 Å². The van der Waals surface area contributed by atoms with Gasteiger partial charge < -0.3 is 5.32 Å². The van der Waals surface area contributed by atoms with Gasteiger partial charge in [-0.3, -0.25) is 4.40 Å². The fourth-order valence-electron chi connectivity index (χ4n) is 2.11. The van der Waals surface area contributed by atoms with Crippen LogP contribution in [-0.2, 0) is 0 Å². The van der Waals surface area contributed by atoms with Crippen molar-refractivity contribution in [3.8, 4) is 11.4 Å². The number of imidazole rings is 1. The van der Waals surface area contributed by atoms with Crippen LogP contribution in [0.5, 0.6) is 0 Å². The van der Waals surface area contributed by atoms with Gasteiger partial charge in [0.1, 0.15) is 5.69 Å². The summed E-state index contributed by atoms with van der Waals surface area (Å²) in [5.41, 5.74) is 2.85. The molecule has 0 unspecified atom stereocenters. The molecular formula is C15H11N5S. The van der Waals surface area contributed by atoms with Crippen molar-refractivity contribution in [2.45, 2.75) is 0 Å². The Bertz CT molecular complexity index is 881. The molecule has 0 aliphatic rings. The minimum absolute atomic E-state index is 0.679. The quantitative estimate of drug-likeness (QED) is 0.627. The van der Waals surface area contributed by atoms with Crippen LogP contribution in [0.25, 0.3) is 17.2 Å². The number of hydrogen-bond acceptors (Lipinski definition) is 5. The summed E-state index contributed by atoms with van der Waals surface area (Å²) in [6.07, 6.45) is 5.47. The zero-order valence-electron chi connectivity index (χ0n) is 11.0. The largest absolute Gasteiger partial charge is 0.332 e. The van der Waals surface area contributed by atoms with Crippen molar-refractivity contribution >= 4 is 27.9 Å². The van der Waals surface area contributed by atoms with Crippen LogP contribution in [0.15, 0.2) is 60.4 Å². The minimum Gasteiger partial charge on any atom is -0.332 e. The molecule has 0 radical (unpaired) electrons. The molecule has 0 amide bonds. The SMILES string of the molecule is c1ccc(Nc2nc(-c3cnc4ncccn34)cs2)cc1. The predicted octanol–water partition coefficient (Wildman–Crippen LogP) is 3.60. The zero-order valence-corrected chi connectivity index (χ0v) is 11.8. The second-order valence-electron chi connectivity index (χ2n) is 4.46. The van der Waals surface area contributed by atoms with E-state index < -0.39 is 0 Å². The Morgan fingerprint density at radius 3 is 2.86 bits per heavy atom. The molecule has 3 heterocycles. The van der Waals surface area contributed by atoms with E-state index in [-0.39, 0.29) is 0 Å². The monoisotopic (exact) mass is 293 g/mol. The Hall–Kier alpha value is -2.73. The van der Waals surface area contributed by atoms with E-state index in [9.17, 15) is 0 Å². The molecule has 0 saturated heterocycles. The fraction of sp³-hybridized carbons (Fsp3) is 0. The van der Waals surface area contributed by atoms with E-state index in [1.807, 2.05) is 52.4 Å². The predicted molar refractivity (Wildman–Crippen MR) is 83.8 cm³/mol. The second kappa shape index (κ2) is 4.99. The highest BCUT2D eigenvalue weighted by Crippen LogP contribution is 2.27. The smallest absolute Gasteiger partial charge is 0.234 e. The van der Waals surface area contributed by atoms with Gasteiger partial charge in [0.2, 0.25) is 5.78 Å². The van der Waals surface area contributed by atoms with Gasteiger partial charge in [-0.25, -0.2) is 15.0 Å². The maximum Gasteiger partial charge on any atom is 0.234 e. The molecule has 0 spiro atoms. The van der Waals surface area contributed by atoms with E-state index in [1.165, 1.54) is 0 Å². The first kappa shape index (κ1) is 12.0. The molecule has 0 aliphatic carbocycles. The Morgan fingerprint density at radius 1 is 1.05 bits per heavy atom. The van der Waals surface area contributed by atoms with Gasteiger partial charge in [-0.05, 0) is 18.2 Å². The van der Waals surface area contributed by atoms with E-state index in [0.29, 0.717) is 5.78 Å². The third-order valence-electron chi connectivity index (χ3n) is 3.08. The van der Waals surface area contributed by atoms with Crippen molar-refractivity contribution in [1.29, 1.82) is 0 Å². The third kappa shape index (κ3) is 2.25. The van der Waals surface area contributed by atoms with Gasteiger partial charge in [-0.2, -0.15) is 0 Å². The van der Waals surface area contributed by atoms with Crippen LogP contribution in [-0.4, -0.2) is 19.4 Å². The maximum absolute atomic E-state index is 4.62. The number of aromatic nitrogens is 4. The van der Waals surface area contributed by atoms with Gasteiger partial charge in [-0.1, -0.05) is 18.2 Å². The summed E-state index contributed by atoms with van der Waals surface area (Å²) in [7, 11) is 0. The number of fused-ring (bicyclic) bond motifs is 1. The number of nitrogens with one attached hydrogen (secondary N) is 1. The summed E-state index contributed by atoms with van der Waals surface area (Å²) in [5.74, 6) is 0.679. The number of para-hydroxylation sites is 1. The van der Waals surface area contributed by atoms with Crippen molar-refractivity contribution < 1.29 is 0 Å². The average Bonchev–Trinajstić information content (AvgIpc) is 3.14. The van der Waals surface area contributed by atoms with Gasteiger partial charge in [0.15, 0.2) is 5.13 Å². The van der Waals surface area contributed by atoms with Crippen LogP contribution in [0.2, 0.25) is 0 Å². The second-order valence-corrected chi connectivity index (χ2v) is 5.32. The van der Waals surface area contributed by atoms with Crippen molar-refractivity contribution in [1.82, 2.24) is 19.4 Å². The Morgan fingerprint density at radius 2 is 1.95 bits per heavy atom. The van der Waals surface area contributed by atoms with Crippen LogP contribution in [0, 0.1) is 0 Å². The lowest BCUT2D eigenvalue weighted by Gasteiger charge is -2.00. The Balaban J connectivity index is 1.68. The lowest BCUT2D eigenvalue weighted by molar-refractivity contribution is 1.11. The summed E-state index contributed by atoms with van der Waals surface area (Å²) in [6, 6.07) is 11.9. The van der Waals surface area contributed by atoms with Gasteiger partial charge in [-0.15, -0.1) is 11.3 Å². The summed E-state index contributed by atoms with van der Waals surface area (Å²) in [6.45, 7) is 0. The number of thiazole rings is 1. The molecule has 21 heavy (non-hydrogen) atoms. The summed E-state index contributed by atoms with van der Waals surface area (Å²) >= 11 is 1.57. The molecular weight excluding hydrogens is 282 g/mol. The van der Waals surface area contributed by atoms with Gasteiger partial charge in [0, 0.05) is 23.5 Å². The molecule has 3 aromatic heterocycles. The number of hydrogen-bond donors (Lipinski definition) is 1. The zero-order chi connectivity index (χ0) is 14.1. The molecule has 0 saturated carbocycles.